The Bertz CT molecular complexity index is 865. The average Bonchev–Trinajstić information content (AvgIpc) is 3.17. The normalized spacial score (nSPS) is 10.7. The number of nitrogens with zero attached hydrogens (tertiary/aromatic N) is 1. The van der Waals surface area contributed by atoms with Crippen LogP contribution in [0.1, 0.15) is 17.7 Å². The summed E-state index contributed by atoms with van der Waals surface area (Å²) in [4.78, 5) is 26.6. The molecular weight excluding hydrogens is 310 g/mol. The number of amides is 1. The highest BCUT2D eigenvalue weighted by atomic mass is 16.5. The van der Waals surface area contributed by atoms with Gasteiger partial charge in [-0.1, -0.05) is 23.4 Å². The smallest absolute Gasteiger partial charge is 0.306 e. The Kier molecular flexibility index (Phi) is 4.60. The molecule has 7 nitrogen and oxygen atoms in total. The monoisotopic (exact) mass is 327 g/mol. The number of esters is 1. The first-order chi connectivity index (χ1) is 11.6. The van der Waals surface area contributed by atoms with Crippen molar-refractivity contribution < 1.29 is 18.8 Å². The summed E-state index contributed by atoms with van der Waals surface area (Å²) in [6, 6.07) is 9.46. The molecule has 0 aliphatic carbocycles. The summed E-state index contributed by atoms with van der Waals surface area (Å²) in [7, 11) is 0. The third kappa shape index (κ3) is 3.81. The number of hydrogen-bond donors (Lipinski definition) is 2. The molecule has 0 saturated heterocycles. The van der Waals surface area contributed by atoms with Crippen LogP contribution < -0.4 is 5.32 Å². The zero-order chi connectivity index (χ0) is 16.9. The first-order valence-corrected chi connectivity index (χ1v) is 7.55. The fraction of sp³-hybridized carbons (Fsp3) is 0.235. The van der Waals surface area contributed by atoms with E-state index in [2.05, 4.69) is 15.5 Å². The van der Waals surface area contributed by atoms with Gasteiger partial charge in [-0.2, -0.15) is 0 Å². The van der Waals surface area contributed by atoms with Crippen LogP contribution in [0, 0.1) is 6.92 Å². The summed E-state index contributed by atoms with van der Waals surface area (Å²) in [6.45, 7) is 1.39. The standard InChI is InChI=1S/C17H17N3O4/c1-11-8-16(24-20-11)19-15(21)10-23-17(22)7-6-12-9-18-14-5-3-2-4-13(12)14/h2-5,8-9,18H,6-7,10H2,1H3,(H,19,21). The molecule has 0 aliphatic heterocycles. The zero-order valence-corrected chi connectivity index (χ0v) is 13.2. The molecule has 0 fully saturated rings. The fourth-order valence-electron chi connectivity index (χ4n) is 2.39. The van der Waals surface area contributed by atoms with E-state index in [0.717, 1.165) is 16.5 Å². The van der Waals surface area contributed by atoms with Crippen molar-refractivity contribution in [1.82, 2.24) is 10.1 Å². The fourth-order valence-corrected chi connectivity index (χ4v) is 2.39. The number of fused-ring (bicyclic) bond motifs is 1. The quantitative estimate of drug-likeness (QED) is 0.678. The SMILES string of the molecule is Cc1cc(NC(=O)COC(=O)CCc2c[nH]c3ccccc23)on1. The van der Waals surface area contributed by atoms with Crippen molar-refractivity contribution in [3.63, 3.8) is 0 Å². The number of aryl methyl sites for hydroxylation is 2. The van der Waals surface area contributed by atoms with Gasteiger partial charge in [-0.3, -0.25) is 14.9 Å². The summed E-state index contributed by atoms with van der Waals surface area (Å²) in [5.74, 6) is -0.664. The minimum atomic E-state index is -0.466. The van der Waals surface area contributed by atoms with Crippen LogP contribution in [0.25, 0.3) is 10.9 Å². The molecule has 1 aromatic carbocycles. The van der Waals surface area contributed by atoms with E-state index in [0.29, 0.717) is 12.1 Å². The molecule has 0 spiro atoms. The second kappa shape index (κ2) is 6.99. The van der Waals surface area contributed by atoms with E-state index in [-0.39, 0.29) is 18.9 Å². The lowest BCUT2D eigenvalue weighted by Crippen LogP contribution is -2.20. The van der Waals surface area contributed by atoms with Gasteiger partial charge in [0.15, 0.2) is 6.61 Å². The first-order valence-electron chi connectivity index (χ1n) is 7.55. The maximum atomic E-state index is 11.8. The van der Waals surface area contributed by atoms with E-state index in [1.807, 2.05) is 30.5 Å². The number of nitrogens with one attached hydrogen (secondary N) is 2. The number of aromatic nitrogens is 2. The minimum Gasteiger partial charge on any atom is -0.456 e. The van der Waals surface area contributed by atoms with Crippen LogP contribution in [0.2, 0.25) is 0 Å². The van der Waals surface area contributed by atoms with Crippen molar-refractivity contribution in [2.75, 3.05) is 11.9 Å². The van der Waals surface area contributed by atoms with Gasteiger partial charge >= 0.3 is 5.97 Å². The molecule has 0 aliphatic rings. The molecule has 7 heteroatoms. The maximum Gasteiger partial charge on any atom is 0.306 e. The average molecular weight is 327 g/mol. The Labute approximate surface area is 138 Å². The van der Waals surface area contributed by atoms with Gasteiger partial charge in [0.1, 0.15) is 0 Å². The minimum absolute atomic E-state index is 0.205. The first kappa shape index (κ1) is 15.8. The van der Waals surface area contributed by atoms with Gasteiger partial charge < -0.3 is 14.2 Å². The van der Waals surface area contributed by atoms with Crippen LogP contribution in [0.5, 0.6) is 0 Å². The Morgan fingerprint density at radius 3 is 2.96 bits per heavy atom. The number of aromatic amines is 1. The van der Waals surface area contributed by atoms with E-state index in [4.69, 9.17) is 9.26 Å². The summed E-state index contributed by atoms with van der Waals surface area (Å²) in [6.07, 6.45) is 2.64. The van der Waals surface area contributed by atoms with Gasteiger partial charge in [0, 0.05) is 29.6 Å². The molecule has 0 atom stereocenters. The van der Waals surface area contributed by atoms with Gasteiger partial charge in [-0.25, -0.2) is 0 Å². The Morgan fingerprint density at radius 2 is 2.17 bits per heavy atom. The van der Waals surface area contributed by atoms with Crippen molar-refractivity contribution in [3.05, 3.63) is 47.8 Å². The summed E-state index contributed by atoms with van der Waals surface area (Å²) in [5.41, 5.74) is 2.73. The van der Waals surface area contributed by atoms with Crippen LogP contribution in [-0.4, -0.2) is 28.6 Å². The van der Waals surface area contributed by atoms with Gasteiger partial charge in [-0.05, 0) is 25.0 Å². The number of carbonyl (C=O) groups is 2. The van der Waals surface area contributed by atoms with Gasteiger partial charge in [0.2, 0.25) is 5.88 Å². The molecule has 0 saturated carbocycles. The van der Waals surface area contributed by atoms with E-state index in [1.165, 1.54) is 0 Å². The Balaban J connectivity index is 1.45. The molecule has 24 heavy (non-hydrogen) atoms. The Hall–Kier alpha value is -3.09. The largest absolute Gasteiger partial charge is 0.456 e. The number of anilines is 1. The third-order valence-corrected chi connectivity index (χ3v) is 3.53. The van der Waals surface area contributed by atoms with E-state index in [9.17, 15) is 9.59 Å². The van der Waals surface area contributed by atoms with Gasteiger partial charge in [-0.15, -0.1) is 0 Å². The summed E-state index contributed by atoms with van der Waals surface area (Å²) >= 11 is 0. The molecule has 2 heterocycles. The summed E-state index contributed by atoms with van der Waals surface area (Å²) < 4.78 is 9.82. The third-order valence-electron chi connectivity index (χ3n) is 3.53. The van der Waals surface area contributed by atoms with Crippen LogP contribution in [0.4, 0.5) is 5.88 Å². The molecule has 0 bridgehead atoms. The molecule has 0 radical (unpaired) electrons. The maximum absolute atomic E-state index is 11.8. The van der Waals surface area contributed by atoms with Crippen LogP contribution >= 0.6 is 0 Å². The molecule has 3 rings (SSSR count). The molecule has 0 unspecified atom stereocenters. The highest BCUT2D eigenvalue weighted by molar-refractivity contribution is 5.91. The predicted octanol–water partition coefficient (Wildman–Crippen LogP) is 2.58. The van der Waals surface area contributed by atoms with Crippen LogP contribution in [0.3, 0.4) is 0 Å². The van der Waals surface area contributed by atoms with Crippen molar-refractivity contribution >= 4 is 28.7 Å². The molecule has 3 aromatic rings. The predicted molar refractivity (Wildman–Crippen MR) is 87.4 cm³/mol. The van der Waals surface area contributed by atoms with Crippen molar-refractivity contribution in [2.45, 2.75) is 19.8 Å². The lowest BCUT2D eigenvalue weighted by atomic mass is 10.1. The Morgan fingerprint density at radius 1 is 1.33 bits per heavy atom. The number of hydrogen-bond acceptors (Lipinski definition) is 5. The zero-order valence-electron chi connectivity index (χ0n) is 13.2. The molecule has 2 aromatic heterocycles. The van der Waals surface area contributed by atoms with Gasteiger partial charge in [0.25, 0.3) is 5.91 Å². The molecular formula is C17H17N3O4. The highest BCUT2D eigenvalue weighted by Gasteiger charge is 2.11. The number of rotatable bonds is 6. The van der Waals surface area contributed by atoms with Crippen molar-refractivity contribution in [2.24, 2.45) is 0 Å². The van der Waals surface area contributed by atoms with E-state index in [1.54, 1.807) is 13.0 Å². The lowest BCUT2D eigenvalue weighted by molar-refractivity contribution is -0.147. The number of benzene rings is 1. The second-order valence-electron chi connectivity index (χ2n) is 5.40. The molecule has 124 valence electrons. The van der Waals surface area contributed by atoms with Gasteiger partial charge in [0.05, 0.1) is 5.69 Å². The molecule has 2 N–H and O–H groups in total. The van der Waals surface area contributed by atoms with E-state index < -0.39 is 11.9 Å². The lowest BCUT2D eigenvalue weighted by Gasteiger charge is -2.04. The second-order valence-corrected chi connectivity index (χ2v) is 5.40. The topological polar surface area (TPSA) is 97.2 Å². The van der Waals surface area contributed by atoms with Crippen molar-refractivity contribution in [1.29, 1.82) is 0 Å². The highest BCUT2D eigenvalue weighted by Crippen LogP contribution is 2.19. The summed E-state index contributed by atoms with van der Waals surface area (Å²) in [5, 5.41) is 7.20. The number of ether oxygens (including phenoxy) is 1. The van der Waals surface area contributed by atoms with E-state index >= 15 is 0 Å². The number of H-pyrrole nitrogens is 1. The van der Waals surface area contributed by atoms with Crippen LogP contribution in [0.15, 0.2) is 41.1 Å². The molecule has 1 amide bonds. The number of carbonyl (C=O) groups excluding carboxylic acids is 2. The number of para-hydroxylation sites is 1. The van der Waals surface area contributed by atoms with Crippen molar-refractivity contribution in [3.8, 4) is 0 Å². The van der Waals surface area contributed by atoms with Crippen LogP contribution in [-0.2, 0) is 20.7 Å².